The molecule has 0 aliphatic carbocycles. The van der Waals surface area contributed by atoms with Crippen LogP contribution in [0, 0.1) is 6.92 Å². The standard InChI is InChI=1S/C10H15N2O7P/c1-6-5-12(10(14)11-9(6)13)7-3-4-8(18-7)19-20(15,16)17-2/h5,7-8H,3-4H2,1-2H3,(H,15,16)(H,11,13,14). The maximum Gasteiger partial charge on any atom is 0.474 e. The molecule has 112 valence electrons. The lowest BCUT2D eigenvalue weighted by Gasteiger charge is -2.17. The van der Waals surface area contributed by atoms with Gasteiger partial charge in [0, 0.05) is 25.3 Å². The summed E-state index contributed by atoms with van der Waals surface area (Å²) in [5.41, 5.74) is -0.705. The van der Waals surface area contributed by atoms with Crippen LogP contribution in [0.4, 0.5) is 0 Å². The number of aromatic nitrogens is 2. The molecule has 2 heterocycles. The van der Waals surface area contributed by atoms with Crippen LogP contribution in [0.1, 0.15) is 24.6 Å². The number of phosphoric ester groups is 1. The summed E-state index contributed by atoms with van der Waals surface area (Å²) in [5.74, 6) is 0. The minimum absolute atomic E-state index is 0.323. The molecule has 1 aromatic heterocycles. The number of nitrogens with zero attached hydrogens (tertiary/aromatic N) is 1. The Hall–Kier alpha value is -1.25. The number of aryl methyl sites for hydroxylation is 1. The molecule has 9 nitrogen and oxygen atoms in total. The first-order valence-corrected chi connectivity index (χ1v) is 7.36. The van der Waals surface area contributed by atoms with Crippen LogP contribution in [0.5, 0.6) is 0 Å². The van der Waals surface area contributed by atoms with E-state index in [4.69, 9.17) is 9.26 Å². The summed E-state index contributed by atoms with van der Waals surface area (Å²) >= 11 is 0. The summed E-state index contributed by atoms with van der Waals surface area (Å²) in [7, 11) is -3.10. The Morgan fingerprint density at radius 1 is 1.50 bits per heavy atom. The quantitative estimate of drug-likeness (QED) is 0.765. The maximum atomic E-state index is 11.7. The molecule has 2 rings (SSSR count). The fraction of sp³-hybridized carbons (Fsp3) is 0.600. The molecule has 2 N–H and O–H groups in total. The third-order valence-corrected chi connectivity index (χ3v) is 3.86. The molecule has 1 fully saturated rings. The number of rotatable bonds is 4. The van der Waals surface area contributed by atoms with Crippen molar-refractivity contribution in [3.63, 3.8) is 0 Å². The van der Waals surface area contributed by atoms with E-state index in [1.165, 1.54) is 10.8 Å². The summed E-state index contributed by atoms with van der Waals surface area (Å²) in [6.45, 7) is 1.56. The van der Waals surface area contributed by atoms with Crippen molar-refractivity contribution in [2.24, 2.45) is 0 Å². The monoisotopic (exact) mass is 306 g/mol. The second kappa shape index (κ2) is 5.63. The normalized spacial score (nSPS) is 25.6. The van der Waals surface area contributed by atoms with E-state index in [0.29, 0.717) is 18.4 Å². The van der Waals surface area contributed by atoms with E-state index in [-0.39, 0.29) is 0 Å². The van der Waals surface area contributed by atoms with Crippen LogP contribution in [-0.2, 0) is 18.3 Å². The Labute approximate surface area is 113 Å². The lowest BCUT2D eigenvalue weighted by Crippen LogP contribution is -2.33. The van der Waals surface area contributed by atoms with Gasteiger partial charge in [-0.25, -0.2) is 9.36 Å². The highest BCUT2D eigenvalue weighted by Gasteiger charge is 2.34. The zero-order valence-electron chi connectivity index (χ0n) is 10.9. The van der Waals surface area contributed by atoms with Crippen LogP contribution in [0.3, 0.4) is 0 Å². The van der Waals surface area contributed by atoms with Crippen molar-refractivity contribution in [3.8, 4) is 0 Å². The van der Waals surface area contributed by atoms with E-state index in [9.17, 15) is 19.0 Å². The molecule has 1 aliphatic heterocycles. The Bertz CT molecular complexity index is 652. The first-order chi connectivity index (χ1) is 9.32. The maximum absolute atomic E-state index is 11.7. The predicted molar refractivity (Wildman–Crippen MR) is 67.1 cm³/mol. The molecule has 0 aromatic carbocycles. The highest BCUT2D eigenvalue weighted by atomic mass is 31.2. The highest BCUT2D eigenvalue weighted by molar-refractivity contribution is 7.47. The zero-order valence-corrected chi connectivity index (χ0v) is 11.8. The van der Waals surface area contributed by atoms with Crippen molar-refractivity contribution >= 4 is 7.82 Å². The molecule has 1 aliphatic rings. The van der Waals surface area contributed by atoms with Gasteiger partial charge in [0.2, 0.25) is 0 Å². The first kappa shape index (κ1) is 15.1. The SMILES string of the molecule is COP(=O)(O)OC1CCC(n2cc(C)c(=O)[nH]c2=O)O1. The number of aromatic amines is 1. The molecule has 0 bridgehead atoms. The van der Waals surface area contributed by atoms with Gasteiger partial charge in [0.25, 0.3) is 5.56 Å². The fourth-order valence-corrected chi connectivity index (χ4v) is 2.40. The molecule has 3 unspecified atom stereocenters. The minimum Gasteiger partial charge on any atom is -0.328 e. The molecule has 1 saturated heterocycles. The first-order valence-electron chi connectivity index (χ1n) is 5.87. The van der Waals surface area contributed by atoms with E-state index < -0.39 is 31.6 Å². The molecule has 3 atom stereocenters. The van der Waals surface area contributed by atoms with Gasteiger partial charge in [-0.3, -0.25) is 23.4 Å². The topological polar surface area (TPSA) is 120 Å². The fourth-order valence-electron chi connectivity index (χ4n) is 1.86. The van der Waals surface area contributed by atoms with Gasteiger partial charge in [0.1, 0.15) is 6.23 Å². The average Bonchev–Trinajstić information content (AvgIpc) is 2.81. The van der Waals surface area contributed by atoms with Gasteiger partial charge in [0.05, 0.1) is 0 Å². The smallest absolute Gasteiger partial charge is 0.328 e. The van der Waals surface area contributed by atoms with Crippen molar-refractivity contribution in [1.29, 1.82) is 0 Å². The van der Waals surface area contributed by atoms with Gasteiger partial charge >= 0.3 is 13.5 Å². The molecule has 0 saturated carbocycles. The lowest BCUT2D eigenvalue weighted by molar-refractivity contribution is -0.109. The van der Waals surface area contributed by atoms with Crippen LogP contribution in [0.2, 0.25) is 0 Å². The summed E-state index contributed by atoms with van der Waals surface area (Å²) in [5, 5.41) is 0. The van der Waals surface area contributed by atoms with Crippen molar-refractivity contribution in [2.45, 2.75) is 32.3 Å². The van der Waals surface area contributed by atoms with Gasteiger partial charge in [-0.2, -0.15) is 0 Å². The van der Waals surface area contributed by atoms with Crippen molar-refractivity contribution < 1.29 is 23.2 Å². The molecular weight excluding hydrogens is 291 g/mol. The number of phosphoric acid groups is 1. The van der Waals surface area contributed by atoms with E-state index in [1.54, 1.807) is 6.92 Å². The highest BCUT2D eigenvalue weighted by Crippen LogP contribution is 2.46. The number of hydrogen-bond acceptors (Lipinski definition) is 6. The summed E-state index contributed by atoms with van der Waals surface area (Å²) in [6, 6.07) is 0. The Morgan fingerprint density at radius 2 is 2.20 bits per heavy atom. The number of nitrogens with one attached hydrogen (secondary N) is 1. The summed E-state index contributed by atoms with van der Waals surface area (Å²) in [6.07, 6.45) is 0.487. The molecule has 0 spiro atoms. The third kappa shape index (κ3) is 3.25. The molecular formula is C10H15N2O7P. The van der Waals surface area contributed by atoms with Crippen molar-refractivity contribution in [3.05, 3.63) is 32.6 Å². The molecule has 0 amide bonds. The predicted octanol–water partition coefficient (Wildman–Crippen LogP) is 0.244. The molecule has 20 heavy (non-hydrogen) atoms. The number of ether oxygens (including phenoxy) is 1. The molecule has 1 aromatic rings. The van der Waals surface area contributed by atoms with E-state index in [1.807, 2.05) is 0 Å². The van der Waals surface area contributed by atoms with E-state index in [2.05, 4.69) is 9.51 Å². The van der Waals surface area contributed by atoms with Gasteiger partial charge in [-0.05, 0) is 13.3 Å². The van der Waals surface area contributed by atoms with Crippen LogP contribution < -0.4 is 11.2 Å². The molecule has 10 heteroatoms. The lowest BCUT2D eigenvalue weighted by atomic mass is 10.3. The Balaban J connectivity index is 2.14. The average molecular weight is 306 g/mol. The third-order valence-electron chi connectivity index (χ3n) is 2.90. The second-order valence-corrected chi connectivity index (χ2v) is 5.85. The van der Waals surface area contributed by atoms with Gasteiger partial charge in [-0.1, -0.05) is 0 Å². The minimum atomic E-state index is -4.14. The van der Waals surface area contributed by atoms with Crippen LogP contribution >= 0.6 is 7.82 Å². The Morgan fingerprint density at radius 3 is 2.85 bits per heavy atom. The van der Waals surface area contributed by atoms with Crippen molar-refractivity contribution in [2.75, 3.05) is 7.11 Å². The molecule has 0 radical (unpaired) electrons. The second-order valence-electron chi connectivity index (χ2n) is 4.33. The van der Waals surface area contributed by atoms with Crippen molar-refractivity contribution in [1.82, 2.24) is 9.55 Å². The van der Waals surface area contributed by atoms with Crippen LogP contribution in [0.25, 0.3) is 0 Å². The summed E-state index contributed by atoms with van der Waals surface area (Å²) < 4.78 is 26.9. The van der Waals surface area contributed by atoms with Crippen LogP contribution in [0.15, 0.2) is 15.8 Å². The largest absolute Gasteiger partial charge is 0.474 e. The van der Waals surface area contributed by atoms with E-state index >= 15 is 0 Å². The Kier molecular flexibility index (Phi) is 4.26. The number of hydrogen-bond donors (Lipinski definition) is 2. The van der Waals surface area contributed by atoms with Gasteiger partial charge in [0.15, 0.2) is 6.29 Å². The van der Waals surface area contributed by atoms with Gasteiger partial charge in [-0.15, -0.1) is 0 Å². The van der Waals surface area contributed by atoms with Gasteiger partial charge < -0.3 is 9.63 Å². The number of H-pyrrole nitrogens is 1. The van der Waals surface area contributed by atoms with Crippen LogP contribution in [-0.4, -0.2) is 27.8 Å². The summed E-state index contributed by atoms with van der Waals surface area (Å²) in [4.78, 5) is 34.3. The zero-order chi connectivity index (χ0) is 14.9. The van der Waals surface area contributed by atoms with E-state index in [0.717, 1.165) is 7.11 Å².